The van der Waals surface area contributed by atoms with Crippen LogP contribution in [0.1, 0.15) is 71.5 Å². The predicted octanol–water partition coefficient (Wildman–Crippen LogP) is 5.75. The molecule has 2 rings (SSSR count). The molecule has 0 saturated carbocycles. The number of ether oxygens (including phenoxy) is 2. The van der Waals surface area contributed by atoms with Gasteiger partial charge in [0.05, 0.1) is 6.61 Å². The number of carbonyl (C=O) groups is 1. The number of nitrogens with zero attached hydrogens (tertiary/aromatic N) is 2. The van der Waals surface area contributed by atoms with Gasteiger partial charge >= 0.3 is 6.09 Å². The molecule has 1 aromatic carbocycles. The number of amides is 1. The van der Waals surface area contributed by atoms with E-state index in [1.165, 1.54) is 11.8 Å². The Morgan fingerprint density at radius 3 is 2.42 bits per heavy atom. The smallest absolute Gasteiger partial charge is 0.410 e. The van der Waals surface area contributed by atoms with E-state index in [0.717, 1.165) is 48.1 Å². The lowest BCUT2D eigenvalue weighted by molar-refractivity contribution is 0.0165. The highest BCUT2D eigenvalue weighted by atomic mass is 32.2. The van der Waals surface area contributed by atoms with Gasteiger partial charge in [-0.3, -0.25) is 10.4 Å². The summed E-state index contributed by atoms with van der Waals surface area (Å²) in [6.07, 6.45) is 3.63. The first-order valence-electron chi connectivity index (χ1n) is 11.8. The number of benzene rings is 1. The molecule has 0 unspecified atom stereocenters. The van der Waals surface area contributed by atoms with Gasteiger partial charge in [0, 0.05) is 26.6 Å². The fourth-order valence-electron chi connectivity index (χ4n) is 3.66. The minimum absolute atomic E-state index is 0. The van der Waals surface area contributed by atoms with E-state index in [1.54, 1.807) is 4.90 Å². The number of unbranched alkanes of at least 4 members (excludes halogenated alkanes) is 1. The Hall–Kier alpha value is -2.22. The zero-order valence-corrected chi connectivity index (χ0v) is 21.8. The van der Waals surface area contributed by atoms with Gasteiger partial charge < -0.3 is 20.1 Å². The van der Waals surface area contributed by atoms with Crippen LogP contribution >= 0.6 is 11.8 Å². The Morgan fingerprint density at radius 2 is 1.88 bits per heavy atom. The molecule has 1 aliphatic heterocycles. The van der Waals surface area contributed by atoms with Crippen molar-refractivity contribution >= 4 is 28.1 Å². The summed E-state index contributed by atoms with van der Waals surface area (Å²) in [7, 11) is 0. The number of amidine groups is 1. The molecule has 0 atom stereocenters. The molecule has 33 heavy (non-hydrogen) atoms. The summed E-state index contributed by atoms with van der Waals surface area (Å²) in [5, 5.41) is 9.21. The van der Waals surface area contributed by atoms with Crippen molar-refractivity contribution in [1.82, 2.24) is 4.90 Å². The molecule has 0 bridgehead atoms. The lowest BCUT2D eigenvalue weighted by atomic mass is 9.98. The highest BCUT2D eigenvalue weighted by Gasteiger charge is 2.27. The third-order valence-electron chi connectivity index (χ3n) is 5.44. The number of likely N-dealkylation sites (tertiary alicyclic amines) is 1. The molecular formula is C25H42N4O3S. The van der Waals surface area contributed by atoms with E-state index in [9.17, 15) is 4.79 Å². The Labute approximate surface area is 204 Å². The number of aliphatic imine (C=N–C) groups is 1. The molecule has 0 radical (unpaired) electrons. The van der Waals surface area contributed by atoms with Crippen LogP contribution in [0.3, 0.4) is 0 Å². The van der Waals surface area contributed by atoms with Crippen molar-refractivity contribution in [3.63, 3.8) is 0 Å². The molecule has 1 saturated heterocycles. The first-order chi connectivity index (χ1) is 15.5. The summed E-state index contributed by atoms with van der Waals surface area (Å²) in [6.45, 7) is 14.5. The van der Waals surface area contributed by atoms with Crippen LogP contribution in [-0.4, -0.2) is 53.0 Å². The topological polar surface area (TPSA) is 101 Å². The molecule has 7 nitrogen and oxygen atoms in total. The summed E-state index contributed by atoms with van der Waals surface area (Å²) in [5.74, 6) is 1.27. The summed E-state index contributed by atoms with van der Waals surface area (Å²) < 4.78 is 11.7. The normalized spacial score (nSPS) is 15.5. The van der Waals surface area contributed by atoms with Crippen molar-refractivity contribution in [1.29, 1.82) is 5.41 Å². The minimum Gasteiger partial charge on any atom is -0.493 e. The van der Waals surface area contributed by atoms with Gasteiger partial charge in [0.1, 0.15) is 16.4 Å². The Kier molecular flexibility index (Phi) is 10.1. The summed E-state index contributed by atoms with van der Waals surface area (Å²) in [4.78, 5) is 18.3. The SMILES string of the molecule is CCCCN=C(N)SC(=N)c1cc(C)c(OCC2CCN(C(=O)OC(C)(C)C)CC2)c(C)c1.[HH]. The molecule has 1 amide bonds. The monoisotopic (exact) mass is 478 g/mol. The lowest BCUT2D eigenvalue weighted by Gasteiger charge is -2.33. The molecule has 3 N–H and O–H groups in total. The van der Waals surface area contributed by atoms with Crippen molar-refractivity contribution in [3.8, 4) is 5.75 Å². The van der Waals surface area contributed by atoms with Crippen molar-refractivity contribution in [3.05, 3.63) is 28.8 Å². The van der Waals surface area contributed by atoms with Gasteiger partial charge in [0.25, 0.3) is 0 Å². The quantitative estimate of drug-likeness (QED) is 0.295. The second-order valence-electron chi connectivity index (χ2n) is 9.67. The van der Waals surface area contributed by atoms with Crippen LogP contribution < -0.4 is 10.5 Å². The zero-order valence-electron chi connectivity index (χ0n) is 21.0. The first-order valence-corrected chi connectivity index (χ1v) is 12.6. The van der Waals surface area contributed by atoms with E-state index in [-0.39, 0.29) is 7.52 Å². The number of nitrogens with two attached hydrogens (primary N) is 1. The van der Waals surface area contributed by atoms with Gasteiger partial charge in [-0.15, -0.1) is 0 Å². The second-order valence-corrected chi connectivity index (χ2v) is 10.7. The summed E-state index contributed by atoms with van der Waals surface area (Å²) in [5.41, 5.74) is 8.32. The van der Waals surface area contributed by atoms with Gasteiger partial charge in [0.2, 0.25) is 0 Å². The van der Waals surface area contributed by atoms with Crippen molar-refractivity contribution in [2.75, 3.05) is 26.2 Å². The fraction of sp³-hybridized carbons (Fsp3) is 0.640. The van der Waals surface area contributed by atoms with Crippen LogP contribution in [0.5, 0.6) is 5.75 Å². The van der Waals surface area contributed by atoms with Crippen LogP contribution in [0.25, 0.3) is 0 Å². The van der Waals surface area contributed by atoms with Crippen LogP contribution in [0, 0.1) is 25.2 Å². The second kappa shape index (κ2) is 12.3. The van der Waals surface area contributed by atoms with E-state index < -0.39 is 5.60 Å². The zero-order chi connectivity index (χ0) is 24.6. The highest BCUT2D eigenvalue weighted by molar-refractivity contribution is 8.26. The van der Waals surface area contributed by atoms with Gasteiger partial charge in [-0.1, -0.05) is 13.3 Å². The third kappa shape index (κ3) is 8.91. The number of aryl methyl sites for hydroxylation is 2. The highest BCUT2D eigenvalue weighted by Crippen LogP contribution is 2.28. The Morgan fingerprint density at radius 1 is 1.27 bits per heavy atom. The molecule has 186 valence electrons. The van der Waals surface area contributed by atoms with Gasteiger partial charge in [-0.05, 0) is 94.8 Å². The Balaban J connectivity index is 0.00000578. The van der Waals surface area contributed by atoms with E-state index in [0.29, 0.717) is 42.4 Å². The molecule has 1 aromatic rings. The molecule has 0 aromatic heterocycles. The Bertz CT molecular complexity index is 839. The molecule has 0 spiro atoms. The lowest BCUT2D eigenvalue weighted by Crippen LogP contribution is -2.42. The molecule has 1 heterocycles. The van der Waals surface area contributed by atoms with E-state index >= 15 is 0 Å². The van der Waals surface area contributed by atoms with E-state index in [2.05, 4.69) is 11.9 Å². The van der Waals surface area contributed by atoms with Crippen LogP contribution in [0.15, 0.2) is 17.1 Å². The molecule has 8 heteroatoms. The number of hydrogen-bond acceptors (Lipinski definition) is 6. The average Bonchev–Trinajstić information content (AvgIpc) is 2.72. The average molecular weight is 479 g/mol. The van der Waals surface area contributed by atoms with Crippen molar-refractivity contribution in [2.45, 2.75) is 72.8 Å². The number of nitrogens with one attached hydrogen (secondary N) is 1. The third-order valence-corrected chi connectivity index (χ3v) is 6.22. The standard InChI is InChI=1S/C25H40N4O3S.H2/c1-7-8-11-28-23(27)33-22(26)20-14-17(2)21(18(3)15-20)31-16-19-9-12-29(13-10-19)24(30)32-25(4,5)6;/h14-15,19,26H,7-13,16H2,1-6H3,(H2,27,28);1H. The maximum atomic E-state index is 12.2. The maximum Gasteiger partial charge on any atom is 0.410 e. The first kappa shape index (κ1) is 27.0. The predicted molar refractivity (Wildman–Crippen MR) is 140 cm³/mol. The van der Waals surface area contributed by atoms with Gasteiger partial charge in [-0.25, -0.2) is 4.79 Å². The minimum atomic E-state index is -0.472. The van der Waals surface area contributed by atoms with Crippen molar-refractivity contribution in [2.24, 2.45) is 16.6 Å². The summed E-state index contributed by atoms with van der Waals surface area (Å²) >= 11 is 1.20. The van der Waals surface area contributed by atoms with Crippen LogP contribution in [-0.2, 0) is 4.74 Å². The number of rotatable bonds is 7. The maximum absolute atomic E-state index is 12.2. The number of thioether (sulfide) groups is 1. The number of piperidine rings is 1. The van der Waals surface area contributed by atoms with Crippen LogP contribution in [0.4, 0.5) is 4.79 Å². The molecule has 0 aliphatic carbocycles. The largest absolute Gasteiger partial charge is 0.493 e. The van der Waals surface area contributed by atoms with Gasteiger partial charge in [0.15, 0.2) is 5.17 Å². The number of carbonyl (C=O) groups excluding carboxylic acids is 1. The van der Waals surface area contributed by atoms with Crippen molar-refractivity contribution < 1.29 is 15.7 Å². The molecule has 1 aliphatic rings. The van der Waals surface area contributed by atoms with Crippen LogP contribution in [0.2, 0.25) is 0 Å². The molecular weight excluding hydrogens is 436 g/mol. The summed E-state index contributed by atoms with van der Waals surface area (Å²) in [6, 6.07) is 3.95. The molecule has 1 fully saturated rings. The fourth-order valence-corrected chi connectivity index (χ4v) is 4.26. The van der Waals surface area contributed by atoms with E-state index in [4.69, 9.17) is 20.6 Å². The number of hydrogen-bond donors (Lipinski definition) is 2. The van der Waals surface area contributed by atoms with E-state index in [1.807, 2.05) is 46.8 Å². The van der Waals surface area contributed by atoms with Gasteiger partial charge in [-0.2, -0.15) is 0 Å².